The number of hydrogen-bond donors (Lipinski definition) is 2. The van der Waals surface area contributed by atoms with Crippen molar-refractivity contribution in [3.63, 3.8) is 0 Å². The van der Waals surface area contributed by atoms with Gasteiger partial charge < -0.3 is 15.5 Å². The van der Waals surface area contributed by atoms with Gasteiger partial charge in [-0.3, -0.25) is 14.4 Å². The van der Waals surface area contributed by atoms with Crippen molar-refractivity contribution in [1.29, 1.82) is 0 Å². The van der Waals surface area contributed by atoms with E-state index < -0.39 is 6.04 Å². The van der Waals surface area contributed by atoms with E-state index in [4.69, 9.17) is 0 Å². The van der Waals surface area contributed by atoms with Gasteiger partial charge in [0, 0.05) is 24.8 Å². The number of nitrogens with one attached hydrogen (secondary N) is 2. The molecular formula is C17H21N3O3. The zero-order valence-corrected chi connectivity index (χ0v) is 13.4. The van der Waals surface area contributed by atoms with Crippen LogP contribution >= 0.6 is 0 Å². The number of carbonyl (C=O) groups is 3. The number of anilines is 2. The van der Waals surface area contributed by atoms with E-state index in [1.165, 1.54) is 13.0 Å². The Morgan fingerprint density at radius 2 is 2.04 bits per heavy atom. The van der Waals surface area contributed by atoms with Crippen LogP contribution < -0.4 is 10.6 Å². The van der Waals surface area contributed by atoms with Crippen LogP contribution in [-0.2, 0) is 14.4 Å². The highest BCUT2D eigenvalue weighted by Gasteiger charge is 2.32. The van der Waals surface area contributed by atoms with E-state index in [1.807, 2.05) is 13.0 Å². The van der Waals surface area contributed by atoms with E-state index in [1.54, 1.807) is 17.0 Å². The molecule has 2 N–H and O–H groups in total. The number of likely N-dealkylation sites (tertiary alicyclic amines) is 1. The van der Waals surface area contributed by atoms with Crippen molar-refractivity contribution < 1.29 is 14.4 Å². The Balaban J connectivity index is 2.14. The normalized spacial score (nSPS) is 16.8. The molecule has 1 aliphatic heterocycles. The first-order chi connectivity index (χ1) is 10.9. The van der Waals surface area contributed by atoms with Crippen LogP contribution in [-0.4, -0.2) is 35.2 Å². The molecule has 0 unspecified atom stereocenters. The zero-order chi connectivity index (χ0) is 17.0. The second-order valence-corrected chi connectivity index (χ2v) is 5.58. The lowest BCUT2D eigenvalue weighted by molar-refractivity contribution is -0.134. The van der Waals surface area contributed by atoms with Crippen molar-refractivity contribution in [3.8, 4) is 0 Å². The number of nitrogens with zero attached hydrogens (tertiary/aromatic N) is 1. The molecule has 0 radical (unpaired) electrons. The van der Waals surface area contributed by atoms with Gasteiger partial charge in [-0.2, -0.15) is 0 Å². The number of benzene rings is 1. The van der Waals surface area contributed by atoms with Gasteiger partial charge in [-0.15, -0.1) is 0 Å². The average Bonchev–Trinajstić information content (AvgIpc) is 3.00. The molecule has 0 bridgehead atoms. The van der Waals surface area contributed by atoms with Crippen LogP contribution in [0.2, 0.25) is 0 Å². The zero-order valence-electron chi connectivity index (χ0n) is 13.4. The average molecular weight is 315 g/mol. The molecule has 0 saturated carbocycles. The van der Waals surface area contributed by atoms with Gasteiger partial charge in [-0.25, -0.2) is 0 Å². The van der Waals surface area contributed by atoms with Crippen LogP contribution in [0.3, 0.4) is 0 Å². The molecule has 0 aromatic heterocycles. The minimum atomic E-state index is -0.432. The quantitative estimate of drug-likeness (QED) is 0.835. The fourth-order valence-corrected chi connectivity index (χ4v) is 2.66. The highest BCUT2D eigenvalue weighted by atomic mass is 16.2. The van der Waals surface area contributed by atoms with Crippen molar-refractivity contribution >= 4 is 29.1 Å². The summed E-state index contributed by atoms with van der Waals surface area (Å²) >= 11 is 0. The number of hydrogen-bond acceptors (Lipinski definition) is 3. The summed E-state index contributed by atoms with van der Waals surface area (Å²) in [7, 11) is 0. The van der Waals surface area contributed by atoms with Gasteiger partial charge in [0.15, 0.2) is 0 Å². The molecule has 1 aromatic rings. The molecule has 3 amide bonds. The molecule has 1 saturated heterocycles. The summed E-state index contributed by atoms with van der Waals surface area (Å²) < 4.78 is 0. The molecule has 1 fully saturated rings. The lowest BCUT2D eigenvalue weighted by atomic mass is 10.1. The molecular weight excluding hydrogens is 294 g/mol. The first kappa shape index (κ1) is 16.7. The largest absolute Gasteiger partial charge is 0.331 e. The van der Waals surface area contributed by atoms with Crippen molar-refractivity contribution in [2.75, 3.05) is 17.2 Å². The Kier molecular flexibility index (Phi) is 5.16. The number of rotatable bonds is 4. The van der Waals surface area contributed by atoms with Crippen molar-refractivity contribution in [1.82, 2.24) is 4.90 Å². The Morgan fingerprint density at radius 1 is 1.30 bits per heavy atom. The maximum Gasteiger partial charge on any atom is 0.247 e. The third-order valence-corrected chi connectivity index (χ3v) is 3.91. The second-order valence-electron chi connectivity index (χ2n) is 5.58. The van der Waals surface area contributed by atoms with Crippen molar-refractivity contribution in [2.24, 2.45) is 0 Å². The highest BCUT2D eigenvalue weighted by Crippen LogP contribution is 2.23. The first-order valence-corrected chi connectivity index (χ1v) is 7.54. The Bertz CT molecular complexity index is 654. The summed E-state index contributed by atoms with van der Waals surface area (Å²) in [6, 6.07) is 4.83. The maximum atomic E-state index is 12.5. The van der Waals surface area contributed by atoms with Gasteiger partial charge in [-0.1, -0.05) is 12.6 Å². The molecule has 6 heteroatoms. The second kappa shape index (κ2) is 7.09. The molecule has 1 atom stereocenters. The smallest absolute Gasteiger partial charge is 0.247 e. The summed E-state index contributed by atoms with van der Waals surface area (Å²) in [5, 5.41) is 5.51. The number of carbonyl (C=O) groups excluding carboxylic acids is 3. The van der Waals surface area contributed by atoms with Gasteiger partial charge in [-0.05, 0) is 43.5 Å². The molecule has 1 aliphatic rings. The number of amides is 3. The Labute approximate surface area is 135 Å². The third kappa shape index (κ3) is 3.97. The third-order valence-electron chi connectivity index (χ3n) is 3.91. The van der Waals surface area contributed by atoms with E-state index in [-0.39, 0.29) is 17.7 Å². The van der Waals surface area contributed by atoms with Crippen LogP contribution in [0.25, 0.3) is 0 Å². The molecule has 6 nitrogen and oxygen atoms in total. The van der Waals surface area contributed by atoms with E-state index >= 15 is 0 Å². The summed E-state index contributed by atoms with van der Waals surface area (Å²) in [6.45, 7) is 7.36. The number of aryl methyl sites for hydroxylation is 1. The van der Waals surface area contributed by atoms with Gasteiger partial charge in [0.05, 0.1) is 0 Å². The van der Waals surface area contributed by atoms with E-state index in [9.17, 15) is 14.4 Å². The molecule has 122 valence electrons. The molecule has 1 heterocycles. The predicted octanol–water partition coefficient (Wildman–Crippen LogP) is 2.07. The van der Waals surface area contributed by atoms with E-state index in [0.29, 0.717) is 24.3 Å². The SMILES string of the molecule is C=CC(=O)Nc1ccc(C)c(NC(=O)[C@@H]2CCCN2C(C)=O)c1. The minimum Gasteiger partial charge on any atom is -0.331 e. The Hall–Kier alpha value is -2.63. The van der Waals surface area contributed by atoms with Crippen LogP contribution in [0, 0.1) is 6.92 Å². The van der Waals surface area contributed by atoms with Crippen LogP contribution in [0.5, 0.6) is 0 Å². The van der Waals surface area contributed by atoms with Gasteiger partial charge in [0.25, 0.3) is 0 Å². The topological polar surface area (TPSA) is 78.5 Å². The lowest BCUT2D eigenvalue weighted by Gasteiger charge is -2.23. The van der Waals surface area contributed by atoms with Crippen molar-refractivity contribution in [3.05, 3.63) is 36.4 Å². The standard InChI is InChI=1S/C17H21N3O3/c1-4-16(22)18-13-8-7-11(2)14(10-13)19-17(23)15-6-5-9-20(15)12(3)21/h4,7-8,10,15H,1,5-6,9H2,2-3H3,(H,18,22)(H,19,23)/t15-/m0/s1. The van der Waals surface area contributed by atoms with E-state index in [0.717, 1.165) is 12.0 Å². The van der Waals surface area contributed by atoms with Crippen LogP contribution in [0.15, 0.2) is 30.9 Å². The summed E-state index contributed by atoms with van der Waals surface area (Å²) in [5.74, 6) is -0.607. The van der Waals surface area contributed by atoms with Crippen LogP contribution in [0.4, 0.5) is 11.4 Å². The molecule has 2 rings (SSSR count). The van der Waals surface area contributed by atoms with Gasteiger partial charge >= 0.3 is 0 Å². The molecule has 23 heavy (non-hydrogen) atoms. The summed E-state index contributed by atoms with van der Waals surface area (Å²) in [5.41, 5.74) is 2.07. The molecule has 0 spiro atoms. The fourth-order valence-electron chi connectivity index (χ4n) is 2.66. The van der Waals surface area contributed by atoms with E-state index in [2.05, 4.69) is 17.2 Å². The lowest BCUT2D eigenvalue weighted by Crippen LogP contribution is -2.42. The highest BCUT2D eigenvalue weighted by molar-refractivity contribution is 6.01. The molecule has 0 aliphatic carbocycles. The summed E-state index contributed by atoms with van der Waals surface area (Å²) in [6.07, 6.45) is 2.67. The predicted molar refractivity (Wildman–Crippen MR) is 89.0 cm³/mol. The Morgan fingerprint density at radius 3 is 2.70 bits per heavy atom. The summed E-state index contributed by atoms with van der Waals surface area (Å²) in [4.78, 5) is 37.0. The monoisotopic (exact) mass is 315 g/mol. The van der Waals surface area contributed by atoms with Gasteiger partial charge in [0.2, 0.25) is 17.7 Å². The van der Waals surface area contributed by atoms with Crippen molar-refractivity contribution in [2.45, 2.75) is 32.7 Å². The fraction of sp³-hybridized carbons (Fsp3) is 0.353. The van der Waals surface area contributed by atoms with Gasteiger partial charge in [0.1, 0.15) is 6.04 Å². The minimum absolute atomic E-state index is 0.0913. The maximum absolute atomic E-state index is 12.5. The first-order valence-electron chi connectivity index (χ1n) is 7.54. The van der Waals surface area contributed by atoms with Crippen LogP contribution in [0.1, 0.15) is 25.3 Å². The molecule has 1 aromatic carbocycles.